The number of ether oxygens (including phenoxy) is 1. The second-order valence-electron chi connectivity index (χ2n) is 5.51. The summed E-state index contributed by atoms with van der Waals surface area (Å²) in [6.45, 7) is 0.875. The maximum atomic E-state index is 12.1. The van der Waals surface area contributed by atoms with Crippen molar-refractivity contribution in [1.82, 2.24) is 4.90 Å². The molecule has 2 rings (SSSR count). The van der Waals surface area contributed by atoms with E-state index in [1.54, 1.807) is 31.4 Å². The van der Waals surface area contributed by atoms with Gasteiger partial charge >= 0.3 is 0 Å². The van der Waals surface area contributed by atoms with E-state index >= 15 is 0 Å². The number of primary amides is 1. The minimum absolute atomic E-state index is 0.132. The van der Waals surface area contributed by atoms with Crippen LogP contribution in [0.4, 0.5) is 5.69 Å². The second-order valence-corrected chi connectivity index (χ2v) is 5.51. The van der Waals surface area contributed by atoms with Crippen molar-refractivity contribution in [1.29, 1.82) is 0 Å². The molecule has 0 unspecified atom stereocenters. The van der Waals surface area contributed by atoms with Crippen molar-refractivity contribution < 1.29 is 14.3 Å². The molecule has 3 N–H and O–H groups in total. The number of nitrogens with zero attached hydrogens (tertiary/aromatic N) is 1. The van der Waals surface area contributed by atoms with Gasteiger partial charge in [-0.1, -0.05) is 12.1 Å². The summed E-state index contributed by atoms with van der Waals surface area (Å²) < 4.78 is 5.19. The average Bonchev–Trinajstić information content (AvgIpc) is 2.55. The van der Waals surface area contributed by atoms with Crippen molar-refractivity contribution in [3.63, 3.8) is 0 Å². The van der Waals surface area contributed by atoms with E-state index in [0.29, 0.717) is 17.8 Å². The summed E-state index contributed by atoms with van der Waals surface area (Å²) in [5.41, 5.74) is 7.28. The van der Waals surface area contributed by atoms with Crippen LogP contribution < -0.4 is 15.8 Å². The van der Waals surface area contributed by atoms with Gasteiger partial charge in [0.1, 0.15) is 5.75 Å². The number of hydrogen-bond donors (Lipinski definition) is 2. The van der Waals surface area contributed by atoms with Crippen LogP contribution in [0.2, 0.25) is 0 Å². The van der Waals surface area contributed by atoms with Gasteiger partial charge in [0.05, 0.1) is 13.7 Å². The summed E-state index contributed by atoms with van der Waals surface area (Å²) in [6.07, 6.45) is 0. The molecule has 0 bridgehead atoms. The van der Waals surface area contributed by atoms with Gasteiger partial charge < -0.3 is 15.8 Å². The number of amides is 2. The number of nitrogens with one attached hydrogen (secondary N) is 1. The quantitative estimate of drug-likeness (QED) is 0.813. The molecule has 6 nitrogen and oxygen atoms in total. The van der Waals surface area contributed by atoms with Gasteiger partial charge in [-0.05, 0) is 49.0 Å². The van der Waals surface area contributed by atoms with Crippen LogP contribution in [0.1, 0.15) is 15.9 Å². The number of hydrogen-bond acceptors (Lipinski definition) is 4. The Labute approximate surface area is 141 Å². The van der Waals surface area contributed by atoms with Gasteiger partial charge in [-0.15, -0.1) is 0 Å². The molecule has 2 amide bonds. The lowest BCUT2D eigenvalue weighted by molar-refractivity contribution is -0.117. The van der Waals surface area contributed by atoms with Gasteiger partial charge in [0.15, 0.2) is 0 Å². The topological polar surface area (TPSA) is 84.7 Å². The number of carbonyl (C=O) groups excluding carboxylic acids is 2. The number of rotatable bonds is 7. The molecule has 0 atom stereocenters. The fourth-order valence-electron chi connectivity index (χ4n) is 2.30. The molecule has 2 aromatic carbocycles. The molecule has 126 valence electrons. The number of likely N-dealkylation sites (N-methyl/N-ethyl adjacent to an activating group) is 1. The smallest absolute Gasteiger partial charge is 0.248 e. The number of anilines is 1. The average molecular weight is 327 g/mol. The third kappa shape index (κ3) is 5.10. The number of carbonyl (C=O) groups is 2. The van der Waals surface area contributed by atoms with Crippen molar-refractivity contribution in [2.75, 3.05) is 26.0 Å². The third-order valence-corrected chi connectivity index (χ3v) is 3.45. The Hall–Kier alpha value is -2.86. The Bertz CT molecular complexity index is 714. The van der Waals surface area contributed by atoms with E-state index in [9.17, 15) is 9.59 Å². The molecule has 0 radical (unpaired) electrons. The molecule has 0 spiro atoms. The van der Waals surface area contributed by atoms with E-state index < -0.39 is 5.91 Å². The van der Waals surface area contributed by atoms with Crippen molar-refractivity contribution in [2.24, 2.45) is 5.73 Å². The lowest BCUT2D eigenvalue weighted by Crippen LogP contribution is -2.29. The van der Waals surface area contributed by atoms with E-state index in [0.717, 1.165) is 11.3 Å². The van der Waals surface area contributed by atoms with E-state index in [4.69, 9.17) is 10.5 Å². The van der Waals surface area contributed by atoms with Crippen LogP contribution in [-0.2, 0) is 11.3 Å². The Morgan fingerprint density at radius 2 is 1.88 bits per heavy atom. The molecular weight excluding hydrogens is 306 g/mol. The minimum atomic E-state index is -0.495. The standard InChI is InChI=1S/C18H21N3O3/c1-21(11-13-4-3-5-16(10-13)24-2)12-17(22)20-15-8-6-14(7-9-15)18(19)23/h3-10H,11-12H2,1-2H3,(H2,19,23)(H,20,22). The molecule has 0 aromatic heterocycles. The first-order valence-electron chi connectivity index (χ1n) is 7.49. The molecule has 0 aliphatic rings. The first-order valence-corrected chi connectivity index (χ1v) is 7.49. The van der Waals surface area contributed by atoms with Crippen LogP contribution in [0.15, 0.2) is 48.5 Å². The summed E-state index contributed by atoms with van der Waals surface area (Å²) in [5.74, 6) is 0.165. The van der Waals surface area contributed by atoms with Gasteiger partial charge in [-0.3, -0.25) is 14.5 Å². The molecular formula is C18H21N3O3. The number of methoxy groups -OCH3 is 1. The molecule has 0 saturated heterocycles. The zero-order chi connectivity index (χ0) is 17.5. The number of benzene rings is 2. The second kappa shape index (κ2) is 8.12. The third-order valence-electron chi connectivity index (χ3n) is 3.45. The summed E-state index contributed by atoms with van der Waals surface area (Å²) in [5, 5.41) is 2.79. The number of nitrogens with two attached hydrogens (primary N) is 1. The van der Waals surface area contributed by atoms with Crippen LogP contribution in [-0.4, -0.2) is 37.4 Å². The van der Waals surface area contributed by atoms with Gasteiger partial charge in [-0.2, -0.15) is 0 Å². The zero-order valence-corrected chi connectivity index (χ0v) is 13.8. The molecule has 24 heavy (non-hydrogen) atoms. The van der Waals surface area contributed by atoms with Crippen molar-refractivity contribution in [3.05, 3.63) is 59.7 Å². The highest BCUT2D eigenvalue weighted by Gasteiger charge is 2.09. The Balaban J connectivity index is 1.87. The lowest BCUT2D eigenvalue weighted by atomic mass is 10.2. The first-order chi connectivity index (χ1) is 11.5. The monoisotopic (exact) mass is 327 g/mol. The highest BCUT2D eigenvalue weighted by Crippen LogP contribution is 2.14. The summed E-state index contributed by atoms with van der Waals surface area (Å²) >= 11 is 0. The summed E-state index contributed by atoms with van der Waals surface area (Å²) in [7, 11) is 3.50. The van der Waals surface area contributed by atoms with Crippen LogP contribution in [0.5, 0.6) is 5.75 Å². The van der Waals surface area contributed by atoms with Crippen molar-refractivity contribution in [3.8, 4) is 5.75 Å². The van der Waals surface area contributed by atoms with E-state index in [2.05, 4.69) is 5.32 Å². The molecule has 6 heteroatoms. The predicted octanol–water partition coefficient (Wildman–Crippen LogP) is 1.86. The van der Waals surface area contributed by atoms with Crippen molar-refractivity contribution >= 4 is 17.5 Å². The molecule has 0 fully saturated rings. The van der Waals surface area contributed by atoms with Crippen molar-refractivity contribution in [2.45, 2.75) is 6.54 Å². The van der Waals surface area contributed by atoms with Crippen LogP contribution >= 0.6 is 0 Å². The van der Waals surface area contributed by atoms with Gasteiger partial charge in [0, 0.05) is 17.8 Å². The summed E-state index contributed by atoms with van der Waals surface area (Å²) in [6, 6.07) is 14.2. The first kappa shape index (κ1) is 17.5. The highest BCUT2D eigenvalue weighted by molar-refractivity contribution is 5.95. The van der Waals surface area contributed by atoms with E-state index in [-0.39, 0.29) is 12.5 Å². The molecule has 0 aliphatic carbocycles. The molecule has 2 aromatic rings. The maximum absolute atomic E-state index is 12.1. The molecule has 0 saturated carbocycles. The molecule has 0 heterocycles. The Morgan fingerprint density at radius 3 is 2.50 bits per heavy atom. The normalized spacial score (nSPS) is 10.5. The lowest BCUT2D eigenvalue weighted by Gasteiger charge is -2.17. The SMILES string of the molecule is COc1cccc(CN(C)CC(=O)Nc2ccc(C(N)=O)cc2)c1. The van der Waals surface area contributed by atoms with Crippen LogP contribution in [0, 0.1) is 0 Å². The Kier molecular flexibility index (Phi) is 5.92. The largest absolute Gasteiger partial charge is 0.497 e. The highest BCUT2D eigenvalue weighted by atomic mass is 16.5. The van der Waals surface area contributed by atoms with Gasteiger partial charge in [0.25, 0.3) is 0 Å². The van der Waals surface area contributed by atoms with Gasteiger partial charge in [0.2, 0.25) is 11.8 Å². The van der Waals surface area contributed by atoms with Gasteiger partial charge in [-0.25, -0.2) is 0 Å². The summed E-state index contributed by atoms with van der Waals surface area (Å²) in [4.78, 5) is 25.0. The molecule has 0 aliphatic heterocycles. The Morgan fingerprint density at radius 1 is 1.17 bits per heavy atom. The van der Waals surface area contributed by atoms with Crippen LogP contribution in [0.25, 0.3) is 0 Å². The fourth-order valence-corrected chi connectivity index (χ4v) is 2.30. The zero-order valence-electron chi connectivity index (χ0n) is 13.8. The predicted molar refractivity (Wildman–Crippen MR) is 92.9 cm³/mol. The minimum Gasteiger partial charge on any atom is -0.497 e. The van der Waals surface area contributed by atoms with E-state index in [1.165, 1.54) is 0 Å². The maximum Gasteiger partial charge on any atom is 0.248 e. The van der Waals surface area contributed by atoms with Crippen LogP contribution in [0.3, 0.4) is 0 Å². The van der Waals surface area contributed by atoms with E-state index in [1.807, 2.05) is 36.2 Å². The fraction of sp³-hybridized carbons (Fsp3) is 0.222.